The molecule has 0 aliphatic carbocycles. The van der Waals surface area contributed by atoms with Crippen LogP contribution in [0.4, 0.5) is 5.69 Å². The van der Waals surface area contributed by atoms with Gasteiger partial charge in [0, 0.05) is 53.8 Å². The summed E-state index contributed by atoms with van der Waals surface area (Å²) < 4.78 is 6.87. The molecule has 3 aromatic rings. The lowest BCUT2D eigenvalue weighted by Gasteiger charge is -2.22. The van der Waals surface area contributed by atoms with E-state index in [1.807, 2.05) is 19.1 Å². The van der Waals surface area contributed by atoms with Crippen LogP contribution in [0, 0.1) is 12.3 Å². The van der Waals surface area contributed by atoms with Gasteiger partial charge in [0.2, 0.25) is 5.91 Å². The minimum absolute atomic E-state index is 0.0697. The summed E-state index contributed by atoms with van der Waals surface area (Å²) in [7, 11) is 3.13. The van der Waals surface area contributed by atoms with Crippen LogP contribution in [-0.2, 0) is 4.79 Å². The van der Waals surface area contributed by atoms with E-state index >= 15 is 0 Å². The molecule has 0 fully saturated rings. The lowest BCUT2D eigenvalue weighted by atomic mass is 9.97. The first-order valence-electron chi connectivity index (χ1n) is 11.5. The number of hydrogen-bond acceptors (Lipinski definition) is 6. The maximum absolute atomic E-state index is 13.5. The monoisotopic (exact) mass is 520 g/mol. The molecule has 3 rings (SSSR count). The van der Waals surface area contributed by atoms with Crippen LogP contribution >= 0.6 is 11.6 Å². The van der Waals surface area contributed by atoms with E-state index in [0.717, 1.165) is 11.8 Å². The number of aryl methyl sites for hydroxylation is 1. The Morgan fingerprint density at radius 3 is 2.43 bits per heavy atom. The molecule has 192 valence electrons. The molecule has 1 atom stereocenters. The predicted octanol–water partition coefficient (Wildman–Crippen LogP) is 5.01. The summed E-state index contributed by atoms with van der Waals surface area (Å²) in [4.78, 5) is 39.1. The van der Waals surface area contributed by atoms with E-state index in [1.165, 1.54) is 30.9 Å². The van der Waals surface area contributed by atoms with Crippen molar-refractivity contribution in [2.24, 2.45) is 0 Å². The summed E-state index contributed by atoms with van der Waals surface area (Å²) >= 11 is 6.20. The molecule has 8 nitrogen and oxygen atoms in total. The van der Waals surface area contributed by atoms with Gasteiger partial charge in [-0.25, -0.2) is 0 Å². The Morgan fingerprint density at radius 2 is 1.84 bits per heavy atom. The Labute approximate surface area is 220 Å². The summed E-state index contributed by atoms with van der Waals surface area (Å²) in [5.74, 6) is -0.343. The Balaban J connectivity index is 2.15. The number of aromatic nitrogens is 1. The van der Waals surface area contributed by atoms with Crippen molar-refractivity contribution in [1.82, 2.24) is 9.88 Å². The quantitative estimate of drug-likeness (QED) is 0.257. The zero-order valence-corrected chi connectivity index (χ0v) is 21.8. The molecule has 0 spiro atoms. The second-order valence-corrected chi connectivity index (χ2v) is 8.91. The zero-order chi connectivity index (χ0) is 27.1. The number of nitrogens with one attached hydrogen (secondary N) is 3. The highest BCUT2D eigenvalue weighted by atomic mass is 35.5. The van der Waals surface area contributed by atoms with Crippen LogP contribution in [-0.4, -0.2) is 36.6 Å². The van der Waals surface area contributed by atoms with Crippen molar-refractivity contribution in [1.29, 1.82) is 5.41 Å². The molecule has 0 saturated carbocycles. The number of ether oxygens (including phenoxy) is 1. The maximum Gasteiger partial charge on any atom is 0.252 e. The molecule has 1 aromatic heterocycles. The van der Waals surface area contributed by atoms with Gasteiger partial charge in [0.25, 0.3) is 5.56 Å². The lowest BCUT2D eigenvalue weighted by molar-refractivity contribution is -0.119. The largest absolute Gasteiger partial charge is 0.495 e. The number of halogens is 1. The fourth-order valence-corrected chi connectivity index (χ4v) is 4.11. The third-order valence-electron chi connectivity index (χ3n) is 5.82. The van der Waals surface area contributed by atoms with Crippen molar-refractivity contribution in [3.63, 3.8) is 0 Å². The molecule has 0 bridgehead atoms. The van der Waals surface area contributed by atoms with E-state index in [9.17, 15) is 14.4 Å². The fraction of sp³-hybridized carbons (Fsp3) is 0.214. The topological polar surface area (TPSA) is 113 Å². The third kappa shape index (κ3) is 6.54. The Kier molecular flexibility index (Phi) is 9.03. The number of rotatable bonds is 10. The third-order valence-corrected chi connectivity index (χ3v) is 6.05. The van der Waals surface area contributed by atoms with E-state index in [1.54, 1.807) is 43.6 Å². The molecular formula is C28H29ClN4O4. The predicted molar refractivity (Wildman–Crippen MR) is 147 cm³/mol. The van der Waals surface area contributed by atoms with Gasteiger partial charge in [-0.15, -0.1) is 0 Å². The molecule has 1 amide bonds. The highest BCUT2D eigenvalue weighted by molar-refractivity contribution is 6.31. The minimum Gasteiger partial charge on any atom is -0.495 e. The molecule has 0 radical (unpaired) electrons. The molecule has 0 saturated heterocycles. The van der Waals surface area contributed by atoms with Crippen LogP contribution in [0.15, 0.2) is 71.3 Å². The standard InChI is InChI=1S/C28H29ClN4O4/c1-17-5-8-21(9-6-17)32-28(36)25(11-19(14-30)15-31-3)33-16-26(37-4)24(13-27(33)35)23-12-20(29)7-10-22(23)18(2)34/h5-10,12-16,25,30-31H,11H2,1-4H3,(H,32,36)/b19-15-,30-14?. The van der Waals surface area contributed by atoms with E-state index < -0.39 is 17.5 Å². The second kappa shape index (κ2) is 12.2. The number of allylic oxidation sites excluding steroid dienone is 1. The summed E-state index contributed by atoms with van der Waals surface area (Å²) in [6.45, 7) is 3.37. The van der Waals surface area contributed by atoms with Gasteiger partial charge in [-0.3, -0.25) is 19.0 Å². The number of nitrogens with zero attached hydrogens (tertiary/aromatic N) is 1. The molecule has 9 heteroatoms. The van der Waals surface area contributed by atoms with E-state index in [2.05, 4.69) is 10.6 Å². The summed E-state index contributed by atoms with van der Waals surface area (Å²) in [5, 5.41) is 13.9. The normalized spacial score (nSPS) is 12.0. The van der Waals surface area contributed by atoms with Gasteiger partial charge in [-0.05, 0) is 55.3 Å². The number of pyridine rings is 1. The van der Waals surface area contributed by atoms with Crippen LogP contribution in [0.25, 0.3) is 11.1 Å². The molecule has 3 N–H and O–H groups in total. The first-order chi connectivity index (χ1) is 17.7. The van der Waals surface area contributed by atoms with Crippen LogP contribution < -0.4 is 20.9 Å². The van der Waals surface area contributed by atoms with Gasteiger partial charge < -0.3 is 20.8 Å². The number of hydrogen-bond donors (Lipinski definition) is 3. The molecular weight excluding hydrogens is 492 g/mol. The van der Waals surface area contributed by atoms with Crippen LogP contribution in [0.2, 0.25) is 5.02 Å². The zero-order valence-electron chi connectivity index (χ0n) is 21.1. The molecule has 2 aromatic carbocycles. The van der Waals surface area contributed by atoms with Gasteiger partial charge in [0.1, 0.15) is 11.8 Å². The number of carbonyl (C=O) groups is 2. The minimum atomic E-state index is -0.996. The first-order valence-corrected chi connectivity index (χ1v) is 11.9. The smallest absolute Gasteiger partial charge is 0.252 e. The highest BCUT2D eigenvalue weighted by Crippen LogP contribution is 2.34. The summed E-state index contributed by atoms with van der Waals surface area (Å²) in [5.41, 5.74) is 2.87. The van der Waals surface area contributed by atoms with E-state index in [-0.39, 0.29) is 18.0 Å². The Hall–Kier alpha value is -4.17. The number of benzene rings is 2. The average Bonchev–Trinajstić information content (AvgIpc) is 2.87. The number of anilines is 1. The van der Waals surface area contributed by atoms with Crippen LogP contribution in [0.1, 0.15) is 35.3 Å². The Morgan fingerprint density at radius 1 is 1.14 bits per heavy atom. The van der Waals surface area contributed by atoms with Crippen LogP contribution in [0.5, 0.6) is 5.75 Å². The molecule has 0 aliphatic rings. The van der Waals surface area contributed by atoms with Gasteiger partial charge in [-0.2, -0.15) is 0 Å². The van der Waals surface area contributed by atoms with Crippen molar-refractivity contribution in [2.75, 3.05) is 19.5 Å². The Bertz CT molecular complexity index is 1410. The fourth-order valence-electron chi connectivity index (χ4n) is 3.94. The van der Waals surface area contributed by atoms with Gasteiger partial charge in [-0.1, -0.05) is 29.3 Å². The number of carbonyl (C=O) groups excluding carboxylic acids is 2. The van der Waals surface area contributed by atoms with Gasteiger partial charge in [0.05, 0.1) is 13.3 Å². The molecule has 0 aliphatic heterocycles. The van der Waals surface area contributed by atoms with E-state index in [4.69, 9.17) is 21.7 Å². The number of methoxy groups -OCH3 is 1. The second-order valence-electron chi connectivity index (χ2n) is 8.47. The first kappa shape index (κ1) is 27.4. The van der Waals surface area contributed by atoms with Crippen molar-refractivity contribution in [3.8, 4) is 16.9 Å². The molecule has 1 heterocycles. The van der Waals surface area contributed by atoms with E-state index in [0.29, 0.717) is 33.0 Å². The summed E-state index contributed by atoms with van der Waals surface area (Å²) in [6.07, 6.45) is 4.24. The number of amides is 1. The van der Waals surface area contributed by atoms with Crippen molar-refractivity contribution >= 4 is 35.2 Å². The van der Waals surface area contributed by atoms with Crippen molar-refractivity contribution in [3.05, 3.63) is 93.0 Å². The molecule has 37 heavy (non-hydrogen) atoms. The maximum atomic E-state index is 13.5. The summed E-state index contributed by atoms with van der Waals surface area (Å²) in [6, 6.07) is 12.4. The van der Waals surface area contributed by atoms with Gasteiger partial charge in [0.15, 0.2) is 5.78 Å². The highest BCUT2D eigenvalue weighted by Gasteiger charge is 2.25. The van der Waals surface area contributed by atoms with Crippen molar-refractivity contribution < 1.29 is 14.3 Å². The van der Waals surface area contributed by atoms with Crippen LogP contribution in [0.3, 0.4) is 0 Å². The molecule has 1 unspecified atom stereocenters. The van der Waals surface area contributed by atoms with Crippen molar-refractivity contribution in [2.45, 2.75) is 26.3 Å². The number of Topliss-reactive ketones (excluding diaryl/α,β-unsaturated/α-hetero) is 1. The van der Waals surface area contributed by atoms with Gasteiger partial charge >= 0.3 is 0 Å². The SMILES string of the molecule is CN/C=C(\C=N)CC(C(=O)Nc1ccc(C)cc1)n1cc(OC)c(-c2cc(Cl)ccc2C(C)=O)cc1=O. The average molecular weight is 521 g/mol. The lowest BCUT2D eigenvalue weighted by Crippen LogP contribution is -2.33. The number of ketones is 1.